The van der Waals surface area contributed by atoms with E-state index in [1.54, 1.807) is 23.3 Å². The van der Waals surface area contributed by atoms with E-state index < -0.39 is 0 Å². The van der Waals surface area contributed by atoms with Crippen molar-refractivity contribution in [1.82, 2.24) is 19.7 Å². The Morgan fingerprint density at radius 1 is 0.848 bits per heavy atom. The molecular formula is C27H24N4O2. The van der Waals surface area contributed by atoms with E-state index in [9.17, 15) is 9.59 Å². The van der Waals surface area contributed by atoms with Gasteiger partial charge < -0.3 is 4.90 Å². The van der Waals surface area contributed by atoms with Gasteiger partial charge in [-0.3, -0.25) is 14.6 Å². The van der Waals surface area contributed by atoms with Gasteiger partial charge in [-0.15, -0.1) is 0 Å². The van der Waals surface area contributed by atoms with Crippen LogP contribution in [-0.2, 0) is 0 Å². The van der Waals surface area contributed by atoms with Gasteiger partial charge in [0, 0.05) is 48.7 Å². The summed E-state index contributed by atoms with van der Waals surface area (Å²) in [4.78, 5) is 32.4. The van der Waals surface area contributed by atoms with E-state index in [1.807, 2.05) is 77.7 Å². The van der Waals surface area contributed by atoms with Gasteiger partial charge in [-0.25, -0.2) is 4.68 Å². The lowest BCUT2D eigenvalue weighted by Crippen LogP contribution is -2.40. The average Bonchev–Trinajstić information content (AvgIpc) is 3.35. The van der Waals surface area contributed by atoms with Gasteiger partial charge in [0.25, 0.3) is 5.91 Å². The molecule has 5 rings (SSSR count). The van der Waals surface area contributed by atoms with Crippen LogP contribution >= 0.6 is 0 Å². The fraction of sp³-hybridized carbons (Fsp3) is 0.185. The number of Topliss-reactive ketones (excluding diaryl/α,β-unsaturated/α-hetero) is 1. The number of pyridine rings is 1. The number of rotatable bonds is 5. The molecule has 0 aliphatic carbocycles. The lowest BCUT2D eigenvalue weighted by Gasteiger charge is -2.31. The Labute approximate surface area is 192 Å². The number of benzene rings is 2. The second kappa shape index (κ2) is 9.20. The summed E-state index contributed by atoms with van der Waals surface area (Å²) < 4.78 is 1.74. The highest BCUT2D eigenvalue weighted by Crippen LogP contribution is 2.27. The number of likely N-dealkylation sites (tertiary alicyclic amines) is 1. The van der Waals surface area contributed by atoms with E-state index >= 15 is 0 Å². The zero-order chi connectivity index (χ0) is 22.6. The van der Waals surface area contributed by atoms with Crippen LogP contribution in [0.25, 0.3) is 16.9 Å². The van der Waals surface area contributed by atoms with Crippen LogP contribution in [0.4, 0.5) is 0 Å². The maximum Gasteiger partial charge on any atom is 0.257 e. The molecule has 164 valence electrons. The first-order chi connectivity index (χ1) is 16.2. The molecule has 0 radical (unpaired) electrons. The number of nitrogens with zero attached hydrogens (tertiary/aromatic N) is 4. The van der Waals surface area contributed by atoms with Crippen LogP contribution in [0, 0.1) is 5.92 Å². The second-order valence-corrected chi connectivity index (χ2v) is 8.21. The maximum atomic E-state index is 13.6. The summed E-state index contributed by atoms with van der Waals surface area (Å²) in [5.41, 5.74) is 3.57. The topological polar surface area (TPSA) is 68.1 Å². The van der Waals surface area contributed by atoms with Crippen LogP contribution in [0.3, 0.4) is 0 Å². The molecule has 4 aromatic rings. The van der Waals surface area contributed by atoms with Gasteiger partial charge in [-0.1, -0.05) is 48.5 Å². The minimum absolute atomic E-state index is 0.0544. The number of amides is 1. The van der Waals surface area contributed by atoms with Crippen molar-refractivity contribution in [2.45, 2.75) is 12.8 Å². The molecule has 0 unspecified atom stereocenters. The molecule has 1 aliphatic rings. The summed E-state index contributed by atoms with van der Waals surface area (Å²) in [5, 5.41) is 4.72. The van der Waals surface area contributed by atoms with E-state index in [-0.39, 0.29) is 17.6 Å². The van der Waals surface area contributed by atoms with E-state index in [0.29, 0.717) is 37.2 Å². The number of hydrogen-bond acceptors (Lipinski definition) is 4. The number of carbonyl (C=O) groups is 2. The molecule has 2 aromatic carbocycles. The van der Waals surface area contributed by atoms with Crippen molar-refractivity contribution in [3.8, 4) is 16.9 Å². The second-order valence-electron chi connectivity index (χ2n) is 8.21. The summed E-state index contributed by atoms with van der Waals surface area (Å²) in [6.45, 7) is 1.09. The van der Waals surface area contributed by atoms with Crippen molar-refractivity contribution in [1.29, 1.82) is 0 Å². The number of para-hydroxylation sites is 1. The van der Waals surface area contributed by atoms with E-state index in [2.05, 4.69) is 4.98 Å². The molecule has 0 N–H and O–H groups in total. The number of hydrogen-bond donors (Lipinski definition) is 0. The van der Waals surface area contributed by atoms with Gasteiger partial charge in [0.15, 0.2) is 5.78 Å². The quantitative estimate of drug-likeness (QED) is 0.427. The van der Waals surface area contributed by atoms with Crippen LogP contribution in [0.1, 0.15) is 33.6 Å². The van der Waals surface area contributed by atoms with Crippen LogP contribution in [0.15, 0.2) is 91.4 Å². The average molecular weight is 437 g/mol. The minimum Gasteiger partial charge on any atom is -0.338 e. The van der Waals surface area contributed by atoms with Crippen LogP contribution < -0.4 is 0 Å². The summed E-state index contributed by atoms with van der Waals surface area (Å²) >= 11 is 0. The Kier molecular flexibility index (Phi) is 5.81. The molecule has 33 heavy (non-hydrogen) atoms. The van der Waals surface area contributed by atoms with Gasteiger partial charge in [0.1, 0.15) is 5.69 Å². The predicted molar refractivity (Wildman–Crippen MR) is 126 cm³/mol. The zero-order valence-corrected chi connectivity index (χ0v) is 18.2. The number of piperidine rings is 1. The number of aromatic nitrogens is 3. The highest BCUT2D eigenvalue weighted by Gasteiger charge is 2.30. The minimum atomic E-state index is -0.0679. The highest BCUT2D eigenvalue weighted by atomic mass is 16.2. The van der Waals surface area contributed by atoms with Gasteiger partial charge >= 0.3 is 0 Å². The fourth-order valence-electron chi connectivity index (χ4n) is 4.31. The smallest absolute Gasteiger partial charge is 0.257 e. The van der Waals surface area contributed by atoms with Crippen LogP contribution in [0.2, 0.25) is 0 Å². The molecule has 6 nitrogen and oxygen atoms in total. The Morgan fingerprint density at radius 3 is 2.21 bits per heavy atom. The Bertz CT molecular complexity index is 1250. The molecule has 0 saturated carbocycles. The third kappa shape index (κ3) is 4.32. The van der Waals surface area contributed by atoms with Crippen molar-refractivity contribution < 1.29 is 9.59 Å². The molecule has 1 aliphatic heterocycles. The van der Waals surface area contributed by atoms with E-state index in [1.165, 1.54) is 0 Å². The molecule has 1 amide bonds. The fourth-order valence-corrected chi connectivity index (χ4v) is 4.31. The Morgan fingerprint density at radius 2 is 1.55 bits per heavy atom. The molecule has 6 heteroatoms. The monoisotopic (exact) mass is 436 g/mol. The van der Waals surface area contributed by atoms with Gasteiger partial charge in [0.05, 0.1) is 11.3 Å². The third-order valence-electron chi connectivity index (χ3n) is 6.11. The van der Waals surface area contributed by atoms with Crippen molar-refractivity contribution in [3.63, 3.8) is 0 Å². The van der Waals surface area contributed by atoms with Crippen molar-refractivity contribution >= 4 is 11.7 Å². The van der Waals surface area contributed by atoms with E-state index in [0.717, 1.165) is 16.8 Å². The van der Waals surface area contributed by atoms with Crippen molar-refractivity contribution in [2.24, 2.45) is 5.92 Å². The molecular weight excluding hydrogens is 412 g/mol. The van der Waals surface area contributed by atoms with Crippen LogP contribution in [0.5, 0.6) is 0 Å². The number of ketones is 1. The normalized spacial score (nSPS) is 14.2. The SMILES string of the molecule is O=C(c1ccccc1)C1CCN(C(=O)c2cn(-c3ccccc3)nc2-c2cccnc2)CC1. The van der Waals surface area contributed by atoms with Crippen molar-refractivity contribution in [2.75, 3.05) is 13.1 Å². The number of carbonyl (C=O) groups excluding carboxylic acids is 2. The lowest BCUT2D eigenvalue weighted by atomic mass is 9.88. The molecule has 1 saturated heterocycles. The molecule has 0 atom stereocenters. The van der Waals surface area contributed by atoms with Crippen LogP contribution in [-0.4, -0.2) is 44.4 Å². The van der Waals surface area contributed by atoms with Gasteiger partial charge in [-0.2, -0.15) is 5.10 Å². The predicted octanol–water partition coefficient (Wildman–Crippen LogP) is 4.67. The largest absolute Gasteiger partial charge is 0.338 e. The molecule has 0 spiro atoms. The Hall–Kier alpha value is -4.06. The Balaban J connectivity index is 1.38. The van der Waals surface area contributed by atoms with Crippen molar-refractivity contribution in [3.05, 3.63) is 103 Å². The third-order valence-corrected chi connectivity index (χ3v) is 6.11. The summed E-state index contributed by atoms with van der Waals surface area (Å²) in [6, 6.07) is 22.9. The first-order valence-electron chi connectivity index (χ1n) is 11.1. The molecule has 0 bridgehead atoms. The zero-order valence-electron chi connectivity index (χ0n) is 18.2. The molecule has 3 heterocycles. The van der Waals surface area contributed by atoms with Gasteiger partial charge in [-0.05, 0) is 37.1 Å². The lowest BCUT2D eigenvalue weighted by molar-refractivity contribution is 0.0651. The maximum absolute atomic E-state index is 13.6. The van der Waals surface area contributed by atoms with Gasteiger partial charge in [0.2, 0.25) is 0 Å². The first kappa shape index (κ1) is 20.8. The summed E-state index contributed by atoms with van der Waals surface area (Å²) in [6.07, 6.45) is 6.54. The first-order valence-corrected chi connectivity index (χ1v) is 11.1. The highest BCUT2D eigenvalue weighted by molar-refractivity contribution is 6.00. The summed E-state index contributed by atoms with van der Waals surface area (Å²) in [5.74, 6) is 0.0403. The summed E-state index contributed by atoms with van der Waals surface area (Å²) in [7, 11) is 0. The standard InChI is InChI=1S/C27H24N4O2/c32-26(20-8-3-1-4-9-20)21-13-16-30(17-14-21)27(33)24-19-31(23-11-5-2-6-12-23)29-25(24)22-10-7-15-28-18-22/h1-12,15,18-19,21H,13-14,16-17H2. The molecule has 1 fully saturated rings. The molecule has 2 aromatic heterocycles. The van der Waals surface area contributed by atoms with E-state index in [4.69, 9.17) is 5.10 Å².